The molecule has 3 rings (SSSR count). The van der Waals surface area contributed by atoms with Crippen molar-refractivity contribution in [2.45, 2.75) is 44.8 Å². The number of para-hydroxylation sites is 1. The molecule has 1 heterocycles. The number of hydrogen-bond donors (Lipinski definition) is 3. The van der Waals surface area contributed by atoms with E-state index in [1.807, 2.05) is 32.0 Å². The lowest BCUT2D eigenvalue weighted by Gasteiger charge is -2.29. The topological polar surface area (TPSA) is 62.4 Å². The highest BCUT2D eigenvalue weighted by molar-refractivity contribution is 6.32. The number of ether oxygens (including phenoxy) is 1. The number of hydrogen-bond acceptors (Lipinski definition) is 4. The average molecular weight is 420 g/mol. The van der Waals surface area contributed by atoms with E-state index in [2.05, 4.69) is 16.0 Å². The van der Waals surface area contributed by atoms with Gasteiger partial charge in [-0.15, -0.1) is 0 Å². The first kappa shape index (κ1) is 21.6. The van der Waals surface area contributed by atoms with Crippen molar-refractivity contribution in [2.24, 2.45) is 0 Å². The maximum absolute atomic E-state index is 15.3. The second-order valence-electron chi connectivity index (χ2n) is 7.35. The van der Waals surface area contributed by atoms with Gasteiger partial charge in [0, 0.05) is 37.2 Å². The summed E-state index contributed by atoms with van der Waals surface area (Å²) in [5.41, 5.74) is 0.471. The lowest BCUT2D eigenvalue weighted by molar-refractivity contribution is -0.122. The largest absolute Gasteiger partial charge is 0.453 e. The Morgan fingerprint density at radius 3 is 2.62 bits per heavy atom. The van der Waals surface area contributed by atoms with E-state index in [-0.39, 0.29) is 34.8 Å². The molecule has 0 spiro atoms. The molecular weight excluding hydrogens is 393 g/mol. The minimum absolute atomic E-state index is 0.00367. The molecule has 1 fully saturated rings. The van der Waals surface area contributed by atoms with Crippen molar-refractivity contribution in [1.82, 2.24) is 16.0 Å². The van der Waals surface area contributed by atoms with Crippen molar-refractivity contribution in [3.05, 3.63) is 58.9 Å². The fourth-order valence-electron chi connectivity index (χ4n) is 3.30. The second kappa shape index (κ2) is 10.1. The fourth-order valence-corrected chi connectivity index (χ4v) is 3.49. The highest BCUT2D eigenvalue weighted by Gasteiger charge is 2.24. The first-order valence-corrected chi connectivity index (χ1v) is 10.3. The van der Waals surface area contributed by atoms with E-state index >= 15 is 4.39 Å². The Labute approximate surface area is 176 Å². The van der Waals surface area contributed by atoms with Gasteiger partial charge >= 0.3 is 0 Å². The standard InChI is InChI=1S/C22H27ClFN3O2/c1-3-19(26-14(2)11-20(28)27-15-12-25-13-15)17-9-10-18(23)22(21(17)24)29-16-7-5-4-6-8-16/h4-10,14-15,19,25-26H,3,11-13H2,1-2H3,(H,27,28)/t14-,19+/m0/s1. The Morgan fingerprint density at radius 2 is 2.00 bits per heavy atom. The zero-order valence-electron chi connectivity index (χ0n) is 16.7. The van der Waals surface area contributed by atoms with E-state index in [0.29, 0.717) is 24.2 Å². The summed E-state index contributed by atoms with van der Waals surface area (Å²) >= 11 is 6.20. The molecule has 1 aliphatic heterocycles. The number of nitrogens with one attached hydrogen (secondary N) is 3. The quantitative estimate of drug-likeness (QED) is 0.570. The van der Waals surface area contributed by atoms with Crippen LogP contribution in [0.25, 0.3) is 0 Å². The lowest BCUT2D eigenvalue weighted by Crippen LogP contribution is -2.57. The molecule has 1 saturated heterocycles. The van der Waals surface area contributed by atoms with Crippen LogP contribution >= 0.6 is 11.6 Å². The Kier molecular flexibility index (Phi) is 7.47. The normalized spacial score (nSPS) is 16.0. The SMILES string of the molecule is CC[C@@H](N[C@@H](C)CC(=O)NC1CNC1)c1ccc(Cl)c(Oc2ccccc2)c1F. The fraction of sp³-hybridized carbons (Fsp3) is 0.409. The molecule has 7 heteroatoms. The van der Waals surface area contributed by atoms with Gasteiger partial charge in [0.15, 0.2) is 11.6 Å². The van der Waals surface area contributed by atoms with E-state index in [4.69, 9.17) is 16.3 Å². The summed E-state index contributed by atoms with van der Waals surface area (Å²) in [5, 5.41) is 9.68. The molecule has 29 heavy (non-hydrogen) atoms. The van der Waals surface area contributed by atoms with E-state index < -0.39 is 5.82 Å². The van der Waals surface area contributed by atoms with E-state index in [9.17, 15) is 4.79 Å². The molecule has 0 saturated carbocycles. The van der Waals surface area contributed by atoms with Crippen LogP contribution in [-0.2, 0) is 4.79 Å². The molecule has 0 bridgehead atoms. The number of carbonyl (C=O) groups is 1. The van der Waals surface area contributed by atoms with Gasteiger partial charge in [0.25, 0.3) is 0 Å². The molecule has 0 aliphatic carbocycles. The number of carbonyl (C=O) groups excluding carboxylic acids is 1. The van der Waals surface area contributed by atoms with Crippen molar-refractivity contribution in [3.8, 4) is 11.5 Å². The maximum Gasteiger partial charge on any atom is 0.221 e. The third-order valence-corrected chi connectivity index (χ3v) is 5.25. The van der Waals surface area contributed by atoms with Gasteiger partial charge in [-0.05, 0) is 31.5 Å². The summed E-state index contributed by atoms with van der Waals surface area (Å²) in [6.07, 6.45) is 0.984. The molecule has 0 unspecified atom stereocenters. The number of halogens is 2. The van der Waals surface area contributed by atoms with Crippen LogP contribution in [0.5, 0.6) is 11.5 Å². The molecule has 3 N–H and O–H groups in total. The molecule has 2 aromatic carbocycles. The van der Waals surface area contributed by atoms with Gasteiger partial charge in [-0.1, -0.05) is 42.8 Å². The first-order valence-electron chi connectivity index (χ1n) is 9.94. The van der Waals surface area contributed by atoms with Crippen molar-refractivity contribution >= 4 is 17.5 Å². The van der Waals surface area contributed by atoms with Crippen molar-refractivity contribution in [3.63, 3.8) is 0 Å². The van der Waals surface area contributed by atoms with Crippen molar-refractivity contribution in [1.29, 1.82) is 0 Å². The van der Waals surface area contributed by atoms with Gasteiger partial charge in [-0.25, -0.2) is 4.39 Å². The average Bonchev–Trinajstić information content (AvgIpc) is 2.67. The van der Waals surface area contributed by atoms with Crippen molar-refractivity contribution < 1.29 is 13.9 Å². The third kappa shape index (κ3) is 5.69. The molecular formula is C22H27ClFN3O2. The van der Waals surface area contributed by atoms with E-state index in [1.54, 1.807) is 24.3 Å². The first-order chi connectivity index (χ1) is 14.0. The van der Waals surface area contributed by atoms with Crippen LogP contribution in [0.2, 0.25) is 5.02 Å². The zero-order chi connectivity index (χ0) is 20.8. The minimum atomic E-state index is -0.488. The molecule has 1 aliphatic rings. The minimum Gasteiger partial charge on any atom is -0.453 e. The summed E-state index contributed by atoms with van der Waals surface area (Å²) in [5.74, 6) is 0.0365. The van der Waals surface area contributed by atoms with Gasteiger partial charge in [0.05, 0.1) is 11.1 Å². The predicted octanol–water partition coefficient (Wildman–Crippen LogP) is 4.18. The van der Waals surface area contributed by atoms with Crippen LogP contribution in [0.3, 0.4) is 0 Å². The summed E-state index contributed by atoms with van der Waals surface area (Å²) in [4.78, 5) is 12.1. The van der Waals surface area contributed by atoms with Gasteiger partial charge in [0.2, 0.25) is 5.91 Å². The Bertz CT molecular complexity index is 830. The van der Waals surface area contributed by atoms with Crippen LogP contribution in [-0.4, -0.2) is 31.1 Å². The summed E-state index contributed by atoms with van der Waals surface area (Å²) in [6.45, 7) is 5.52. The monoisotopic (exact) mass is 419 g/mol. The maximum atomic E-state index is 15.3. The van der Waals surface area contributed by atoms with E-state index in [0.717, 1.165) is 13.1 Å². The number of rotatable bonds is 9. The summed E-state index contributed by atoms with van der Waals surface area (Å²) < 4.78 is 21.0. The Hall–Kier alpha value is -2.15. The van der Waals surface area contributed by atoms with Crippen LogP contribution in [0.15, 0.2) is 42.5 Å². The molecule has 0 radical (unpaired) electrons. The summed E-state index contributed by atoms with van der Waals surface area (Å²) in [7, 11) is 0. The number of amides is 1. The highest BCUT2D eigenvalue weighted by Crippen LogP contribution is 2.36. The van der Waals surface area contributed by atoms with E-state index in [1.165, 1.54) is 0 Å². The molecule has 1 amide bonds. The van der Waals surface area contributed by atoms with Crippen LogP contribution < -0.4 is 20.7 Å². The number of benzene rings is 2. The molecule has 5 nitrogen and oxygen atoms in total. The molecule has 2 aromatic rings. The molecule has 2 atom stereocenters. The smallest absolute Gasteiger partial charge is 0.221 e. The summed E-state index contributed by atoms with van der Waals surface area (Å²) in [6, 6.07) is 12.1. The zero-order valence-corrected chi connectivity index (χ0v) is 17.4. The van der Waals surface area contributed by atoms with Gasteiger partial charge in [-0.2, -0.15) is 0 Å². The predicted molar refractivity (Wildman–Crippen MR) is 113 cm³/mol. The van der Waals surface area contributed by atoms with Crippen molar-refractivity contribution in [2.75, 3.05) is 13.1 Å². The van der Waals surface area contributed by atoms with Crippen LogP contribution in [0, 0.1) is 5.82 Å². The molecule has 156 valence electrons. The second-order valence-corrected chi connectivity index (χ2v) is 7.76. The van der Waals surface area contributed by atoms with Crippen LogP contribution in [0.1, 0.15) is 38.3 Å². The van der Waals surface area contributed by atoms with Gasteiger partial charge in [0.1, 0.15) is 5.75 Å². The van der Waals surface area contributed by atoms with Crippen LogP contribution in [0.4, 0.5) is 4.39 Å². The Balaban J connectivity index is 1.69. The molecule has 0 aromatic heterocycles. The Morgan fingerprint density at radius 1 is 1.28 bits per heavy atom. The lowest BCUT2D eigenvalue weighted by atomic mass is 10.0. The highest BCUT2D eigenvalue weighted by atomic mass is 35.5. The van der Waals surface area contributed by atoms with Gasteiger partial charge in [-0.3, -0.25) is 4.79 Å². The third-order valence-electron chi connectivity index (χ3n) is 4.95. The van der Waals surface area contributed by atoms with Gasteiger partial charge < -0.3 is 20.7 Å².